The number of nitrogen functional groups attached to an aromatic ring is 1. The predicted molar refractivity (Wildman–Crippen MR) is 72.4 cm³/mol. The number of aromatic nitrogens is 4. The van der Waals surface area contributed by atoms with Gasteiger partial charge in [-0.3, -0.25) is 0 Å². The van der Waals surface area contributed by atoms with Crippen molar-refractivity contribution in [3.8, 4) is 5.95 Å². The van der Waals surface area contributed by atoms with Gasteiger partial charge in [0.15, 0.2) is 5.69 Å². The number of para-hydroxylation sites is 1. The first-order valence-corrected chi connectivity index (χ1v) is 5.84. The highest BCUT2D eigenvalue weighted by Crippen LogP contribution is 2.15. The third kappa shape index (κ3) is 1.95. The predicted octanol–water partition coefficient (Wildman–Crippen LogP) is 1.18. The van der Waals surface area contributed by atoms with E-state index in [-0.39, 0.29) is 11.4 Å². The number of hydrogen-bond acceptors (Lipinski definition) is 6. The van der Waals surface area contributed by atoms with Gasteiger partial charge in [0.25, 0.3) is 5.95 Å². The molecule has 3 aromatic rings. The molecule has 0 radical (unpaired) electrons. The number of benzene rings is 1. The standard InChI is InChI=1S/C13H11N5O2/c1-20-12(19)11-9(14)7-18(17-11)13-15-6-8-4-2-3-5-10(8)16-13/h2-7H,14H2,1H3. The quantitative estimate of drug-likeness (QED) is 0.702. The van der Waals surface area contributed by atoms with Crippen LogP contribution in [0.2, 0.25) is 0 Å². The zero-order valence-corrected chi connectivity index (χ0v) is 10.6. The van der Waals surface area contributed by atoms with Gasteiger partial charge in [-0.2, -0.15) is 5.10 Å². The van der Waals surface area contributed by atoms with E-state index in [0.717, 1.165) is 10.9 Å². The summed E-state index contributed by atoms with van der Waals surface area (Å²) in [6.07, 6.45) is 3.17. The third-order valence-electron chi connectivity index (χ3n) is 2.80. The molecule has 7 nitrogen and oxygen atoms in total. The summed E-state index contributed by atoms with van der Waals surface area (Å²) >= 11 is 0. The molecule has 0 saturated heterocycles. The van der Waals surface area contributed by atoms with Gasteiger partial charge in [0.1, 0.15) is 0 Å². The molecule has 2 heterocycles. The molecule has 0 saturated carbocycles. The number of esters is 1. The molecule has 0 bridgehead atoms. The van der Waals surface area contributed by atoms with E-state index in [0.29, 0.717) is 5.95 Å². The maximum absolute atomic E-state index is 11.5. The average molecular weight is 269 g/mol. The van der Waals surface area contributed by atoms with Crippen molar-refractivity contribution < 1.29 is 9.53 Å². The van der Waals surface area contributed by atoms with Gasteiger partial charge in [-0.25, -0.2) is 19.4 Å². The Hall–Kier alpha value is -2.96. The molecule has 3 rings (SSSR count). The van der Waals surface area contributed by atoms with Crippen molar-refractivity contribution in [2.75, 3.05) is 12.8 Å². The van der Waals surface area contributed by atoms with Crippen LogP contribution < -0.4 is 5.73 Å². The summed E-state index contributed by atoms with van der Waals surface area (Å²) in [5, 5.41) is 4.97. The van der Waals surface area contributed by atoms with Crippen molar-refractivity contribution in [1.29, 1.82) is 0 Å². The molecule has 0 aliphatic rings. The molecule has 0 unspecified atom stereocenters. The number of nitrogens with zero attached hydrogens (tertiary/aromatic N) is 4. The van der Waals surface area contributed by atoms with Crippen molar-refractivity contribution in [1.82, 2.24) is 19.7 Å². The minimum Gasteiger partial charge on any atom is -0.464 e. The number of fused-ring (bicyclic) bond motifs is 1. The Kier molecular flexibility index (Phi) is 2.79. The van der Waals surface area contributed by atoms with Crippen LogP contribution in [-0.2, 0) is 4.74 Å². The number of ether oxygens (including phenoxy) is 1. The van der Waals surface area contributed by atoms with Crippen molar-refractivity contribution >= 4 is 22.6 Å². The molecule has 0 amide bonds. The van der Waals surface area contributed by atoms with E-state index in [9.17, 15) is 4.79 Å². The Bertz CT molecular complexity index is 796. The largest absolute Gasteiger partial charge is 0.464 e. The highest BCUT2D eigenvalue weighted by Gasteiger charge is 2.16. The molecule has 100 valence electrons. The minimum atomic E-state index is -0.595. The lowest BCUT2D eigenvalue weighted by atomic mass is 10.2. The van der Waals surface area contributed by atoms with E-state index in [1.54, 1.807) is 6.20 Å². The molecule has 0 aliphatic heterocycles. The Morgan fingerprint density at radius 3 is 2.95 bits per heavy atom. The summed E-state index contributed by atoms with van der Waals surface area (Å²) in [5.41, 5.74) is 6.77. The number of rotatable bonds is 2. The molecule has 0 aliphatic carbocycles. The fraction of sp³-hybridized carbons (Fsp3) is 0.0769. The van der Waals surface area contributed by atoms with Crippen LogP contribution in [0.5, 0.6) is 0 Å². The number of hydrogen-bond donors (Lipinski definition) is 1. The van der Waals surface area contributed by atoms with Crippen LogP contribution in [0.3, 0.4) is 0 Å². The zero-order valence-electron chi connectivity index (χ0n) is 10.6. The second-order valence-electron chi connectivity index (χ2n) is 4.10. The van der Waals surface area contributed by atoms with Crippen molar-refractivity contribution in [3.05, 3.63) is 42.4 Å². The van der Waals surface area contributed by atoms with Crippen LogP contribution >= 0.6 is 0 Å². The van der Waals surface area contributed by atoms with E-state index in [2.05, 4.69) is 19.8 Å². The topological polar surface area (TPSA) is 95.9 Å². The van der Waals surface area contributed by atoms with Gasteiger partial charge < -0.3 is 10.5 Å². The summed E-state index contributed by atoms with van der Waals surface area (Å²) in [6.45, 7) is 0. The molecule has 0 atom stereocenters. The van der Waals surface area contributed by atoms with E-state index in [1.165, 1.54) is 18.0 Å². The first-order valence-electron chi connectivity index (χ1n) is 5.84. The summed E-state index contributed by atoms with van der Waals surface area (Å²) in [6, 6.07) is 7.58. The molecule has 2 aromatic heterocycles. The summed E-state index contributed by atoms with van der Waals surface area (Å²) in [4.78, 5) is 20.0. The SMILES string of the molecule is COC(=O)c1nn(-c2ncc3ccccc3n2)cc1N. The molecule has 20 heavy (non-hydrogen) atoms. The lowest BCUT2D eigenvalue weighted by molar-refractivity contribution is 0.0594. The van der Waals surface area contributed by atoms with Crippen LogP contribution in [0.1, 0.15) is 10.5 Å². The van der Waals surface area contributed by atoms with E-state index >= 15 is 0 Å². The summed E-state index contributed by atoms with van der Waals surface area (Å²) in [7, 11) is 1.27. The van der Waals surface area contributed by atoms with Crippen LogP contribution in [0.15, 0.2) is 36.7 Å². The zero-order chi connectivity index (χ0) is 14.1. The first-order chi connectivity index (χ1) is 9.69. The fourth-order valence-electron chi connectivity index (χ4n) is 1.82. The van der Waals surface area contributed by atoms with Gasteiger partial charge in [0, 0.05) is 11.6 Å². The maximum atomic E-state index is 11.5. The molecule has 0 fully saturated rings. The van der Waals surface area contributed by atoms with E-state index < -0.39 is 5.97 Å². The van der Waals surface area contributed by atoms with Gasteiger partial charge >= 0.3 is 5.97 Å². The van der Waals surface area contributed by atoms with Crippen molar-refractivity contribution in [2.24, 2.45) is 0 Å². The Morgan fingerprint density at radius 2 is 2.15 bits per heavy atom. The summed E-state index contributed by atoms with van der Waals surface area (Å²) in [5.74, 6) is -0.257. The second kappa shape index (κ2) is 4.61. The van der Waals surface area contributed by atoms with Crippen LogP contribution in [0, 0.1) is 0 Å². The third-order valence-corrected chi connectivity index (χ3v) is 2.80. The van der Waals surface area contributed by atoms with Crippen molar-refractivity contribution in [2.45, 2.75) is 0 Å². The molecule has 7 heteroatoms. The van der Waals surface area contributed by atoms with Gasteiger partial charge in [0.2, 0.25) is 0 Å². The minimum absolute atomic E-state index is 0.0456. The van der Waals surface area contributed by atoms with Gasteiger partial charge in [-0.05, 0) is 6.07 Å². The van der Waals surface area contributed by atoms with Gasteiger partial charge in [-0.1, -0.05) is 18.2 Å². The second-order valence-corrected chi connectivity index (χ2v) is 4.10. The lowest BCUT2D eigenvalue weighted by Crippen LogP contribution is -2.07. The number of carbonyl (C=O) groups is 1. The van der Waals surface area contributed by atoms with Crippen LogP contribution in [0.25, 0.3) is 16.9 Å². The molecular formula is C13H11N5O2. The van der Waals surface area contributed by atoms with E-state index in [1.807, 2.05) is 24.3 Å². The van der Waals surface area contributed by atoms with Crippen LogP contribution in [0.4, 0.5) is 5.69 Å². The molecule has 0 spiro atoms. The number of methoxy groups -OCH3 is 1. The van der Waals surface area contributed by atoms with Crippen molar-refractivity contribution in [3.63, 3.8) is 0 Å². The van der Waals surface area contributed by atoms with Gasteiger partial charge in [0.05, 0.1) is 24.5 Å². The highest BCUT2D eigenvalue weighted by atomic mass is 16.5. The Morgan fingerprint density at radius 1 is 1.35 bits per heavy atom. The van der Waals surface area contributed by atoms with Gasteiger partial charge in [-0.15, -0.1) is 0 Å². The fourth-order valence-corrected chi connectivity index (χ4v) is 1.82. The average Bonchev–Trinajstić information content (AvgIpc) is 2.88. The van der Waals surface area contributed by atoms with Crippen LogP contribution in [-0.4, -0.2) is 32.8 Å². The first kappa shape index (κ1) is 12.1. The Labute approximate surface area is 114 Å². The molecule has 2 N–H and O–H groups in total. The molecular weight excluding hydrogens is 258 g/mol. The smallest absolute Gasteiger partial charge is 0.360 e. The monoisotopic (exact) mass is 269 g/mol. The highest BCUT2D eigenvalue weighted by molar-refractivity contribution is 5.92. The summed E-state index contributed by atoms with van der Waals surface area (Å²) < 4.78 is 5.96. The number of anilines is 1. The number of nitrogens with two attached hydrogens (primary N) is 1. The molecule has 1 aromatic carbocycles. The Balaban J connectivity index is 2.09. The number of carbonyl (C=O) groups excluding carboxylic acids is 1. The van der Waals surface area contributed by atoms with E-state index in [4.69, 9.17) is 5.73 Å². The normalized spacial score (nSPS) is 10.7. The lowest BCUT2D eigenvalue weighted by Gasteiger charge is -2.01. The maximum Gasteiger partial charge on any atom is 0.360 e.